The number of amides is 1. The Bertz CT molecular complexity index is 888. The van der Waals surface area contributed by atoms with Crippen molar-refractivity contribution in [2.45, 2.75) is 52.0 Å². The van der Waals surface area contributed by atoms with Crippen LogP contribution in [0, 0.1) is 5.92 Å². The van der Waals surface area contributed by atoms with E-state index in [0.717, 1.165) is 74.3 Å². The first kappa shape index (κ1) is 23.7. The molecule has 0 bridgehead atoms. The summed E-state index contributed by atoms with van der Waals surface area (Å²) in [6.07, 6.45) is 9.43. The van der Waals surface area contributed by atoms with Crippen LogP contribution in [-0.2, 0) is 11.3 Å². The van der Waals surface area contributed by atoms with Gasteiger partial charge in [-0.3, -0.25) is 14.7 Å². The molecule has 2 aromatic rings. The number of aromatic nitrogens is 1. The van der Waals surface area contributed by atoms with Crippen molar-refractivity contribution in [2.75, 3.05) is 39.5 Å². The van der Waals surface area contributed by atoms with Gasteiger partial charge in [0, 0.05) is 37.9 Å². The molecule has 178 valence electrons. The largest absolute Gasteiger partial charge is 0.494 e. The van der Waals surface area contributed by atoms with Crippen molar-refractivity contribution < 1.29 is 14.3 Å². The van der Waals surface area contributed by atoms with Crippen LogP contribution in [0.3, 0.4) is 0 Å². The SMILES string of the molecule is CCOc1ccc(-c2cc(C(=O)NCCCC3CCCC3)cnc2CN2CCOCC2)cc1. The molecule has 1 aromatic carbocycles. The van der Waals surface area contributed by atoms with Crippen LogP contribution < -0.4 is 10.1 Å². The Kier molecular flexibility index (Phi) is 8.72. The Morgan fingerprint density at radius 1 is 1.18 bits per heavy atom. The van der Waals surface area contributed by atoms with Gasteiger partial charge in [0.1, 0.15) is 5.75 Å². The molecule has 2 aliphatic rings. The predicted molar refractivity (Wildman–Crippen MR) is 130 cm³/mol. The number of hydrogen-bond acceptors (Lipinski definition) is 5. The van der Waals surface area contributed by atoms with Gasteiger partial charge in [0.15, 0.2) is 0 Å². The summed E-state index contributed by atoms with van der Waals surface area (Å²) in [6.45, 7) is 7.38. The van der Waals surface area contributed by atoms with Crippen LogP contribution in [-0.4, -0.2) is 55.2 Å². The lowest BCUT2D eigenvalue weighted by molar-refractivity contribution is 0.0337. The van der Waals surface area contributed by atoms with Crippen molar-refractivity contribution in [2.24, 2.45) is 5.92 Å². The van der Waals surface area contributed by atoms with Crippen LogP contribution in [0.2, 0.25) is 0 Å². The highest BCUT2D eigenvalue weighted by molar-refractivity contribution is 5.95. The topological polar surface area (TPSA) is 63.7 Å². The molecule has 0 atom stereocenters. The molecular weight excluding hydrogens is 414 g/mol. The number of nitrogens with zero attached hydrogens (tertiary/aromatic N) is 2. The summed E-state index contributed by atoms with van der Waals surface area (Å²) in [5.41, 5.74) is 3.65. The lowest BCUT2D eigenvalue weighted by Crippen LogP contribution is -2.36. The molecule has 1 aliphatic carbocycles. The Morgan fingerprint density at radius 3 is 2.67 bits per heavy atom. The van der Waals surface area contributed by atoms with Gasteiger partial charge in [0.25, 0.3) is 5.91 Å². The van der Waals surface area contributed by atoms with Gasteiger partial charge < -0.3 is 14.8 Å². The summed E-state index contributed by atoms with van der Waals surface area (Å²) in [4.78, 5) is 20.0. The van der Waals surface area contributed by atoms with Crippen LogP contribution in [0.15, 0.2) is 36.5 Å². The first-order chi connectivity index (χ1) is 16.2. The highest BCUT2D eigenvalue weighted by Gasteiger charge is 2.18. The second kappa shape index (κ2) is 12.1. The molecule has 1 aromatic heterocycles. The minimum absolute atomic E-state index is 0.0426. The van der Waals surface area contributed by atoms with Gasteiger partial charge >= 0.3 is 0 Å². The molecule has 6 nitrogen and oxygen atoms in total. The maximum atomic E-state index is 12.9. The molecule has 2 heterocycles. The summed E-state index contributed by atoms with van der Waals surface area (Å²) >= 11 is 0. The summed E-state index contributed by atoms with van der Waals surface area (Å²) in [5, 5.41) is 3.10. The lowest BCUT2D eigenvalue weighted by atomic mass is 10.0. The van der Waals surface area contributed by atoms with Gasteiger partial charge in [-0.15, -0.1) is 0 Å². The Balaban J connectivity index is 1.46. The van der Waals surface area contributed by atoms with Crippen molar-refractivity contribution in [3.63, 3.8) is 0 Å². The molecule has 0 spiro atoms. The number of hydrogen-bond donors (Lipinski definition) is 1. The van der Waals surface area contributed by atoms with Crippen molar-refractivity contribution in [3.8, 4) is 16.9 Å². The molecule has 1 saturated heterocycles. The standard InChI is InChI=1S/C27H37N3O3/c1-2-33-24-11-9-22(10-12-24)25-18-23(19-29-26(25)20-30-14-16-32-17-15-30)27(31)28-13-5-8-21-6-3-4-7-21/h9-12,18-19,21H,2-8,13-17,20H2,1H3,(H,28,31). The molecule has 4 rings (SSSR count). The van der Waals surface area contributed by atoms with E-state index < -0.39 is 0 Å². The number of ether oxygens (including phenoxy) is 2. The van der Waals surface area contributed by atoms with E-state index in [4.69, 9.17) is 14.5 Å². The molecular formula is C27H37N3O3. The van der Waals surface area contributed by atoms with Gasteiger partial charge in [-0.2, -0.15) is 0 Å². The summed E-state index contributed by atoms with van der Waals surface area (Å²) in [6, 6.07) is 10.0. The van der Waals surface area contributed by atoms with E-state index >= 15 is 0 Å². The Labute approximate surface area is 197 Å². The quantitative estimate of drug-likeness (QED) is 0.532. The van der Waals surface area contributed by atoms with Crippen molar-refractivity contribution in [3.05, 3.63) is 47.8 Å². The number of benzene rings is 1. The van der Waals surface area contributed by atoms with Gasteiger partial charge in [-0.1, -0.05) is 37.8 Å². The fourth-order valence-corrected chi connectivity index (χ4v) is 4.86. The van der Waals surface area contributed by atoms with Crippen LogP contribution in [0.5, 0.6) is 5.75 Å². The van der Waals surface area contributed by atoms with Gasteiger partial charge in [-0.05, 0) is 49.4 Å². The third-order valence-electron chi connectivity index (χ3n) is 6.74. The highest BCUT2D eigenvalue weighted by Crippen LogP contribution is 2.29. The van der Waals surface area contributed by atoms with Gasteiger partial charge in [-0.25, -0.2) is 0 Å². The van der Waals surface area contributed by atoms with Crippen LogP contribution in [0.4, 0.5) is 0 Å². The normalized spacial score (nSPS) is 17.2. The molecule has 6 heteroatoms. The predicted octanol–water partition coefficient (Wildman–Crippen LogP) is 4.68. The number of morpholine rings is 1. The molecule has 1 N–H and O–H groups in total. The minimum Gasteiger partial charge on any atom is -0.494 e. The van der Waals surface area contributed by atoms with Gasteiger partial charge in [0.2, 0.25) is 0 Å². The zero-order valence-electron chi connectivity index (χ0n) is 19.9. The number of carbonyl (C=O) groups is 1. The Hall–Kier alpha value is -2.44. The molecule has 0 unspecified atom stereocenters. The fourth-order valence-electron chi connectivity index (χ4n) is 4.86. The van der Waals surface area contributed by atoms with E-state index in [1.807, 2.05) is 37.3 Å². The molecule has 2 fully saturated rings. The summed E-state index contributed by atoms with van der Waals surface area (Å²) in [5.74, 6) is 1.66. The van der Waals surface area contributed by atoms with E-state index in [-0.39, 0.29) is 5.91 Å². The maximum Gasteiger partial charge on any atom is 0.252 e. The van der Waals surface area contributed by atoms with Gasteiger partial charge in [0.05, 0.1) is 31.1 Å². The zero-order valence-corrected chi connectivity index (χ0v) is 19.9. The zero-order chi connectivity index (χ0) is 22.9. The number of nitrogens with one attached hydrogen (secondary N) is 1. The van der Waals surface area contributed by atoms with E-state index in [0.29, 0.717) is 12.2 Å². The Morgan fingerprint density at radius 2 is 1.94 bits per heavy atom. The van der Waals surface area contributed by atoms with E-state index in [2.05, 4.69) is 10.2 Å². The third kappa shape index (κ3) is 6.78. The fraction of sp³-hybridized carbons (Fsp3) is 0.556. The van der Waals surface area contributed by atoms with E-state index in [1.54, 1.807) is 6.20 Å². The van der Waals surface area contributed by atoms with Crippen molar-refractivity contribution >= 4 is 5.91 Å². The average molecular weight is 452 g/mol. The second-order valence-electron chi connectivity index (χ2n) is 9.11. The summed E-state index contributed by atoms with van der Waals surface area (Å²) in [7, 11) is 0. The molecule has 1 aliphatic heterocycles. The highest BCUT2D eigenvalue weighted by atomic mass is 16.5. The first-order valence-electron chi connectivity index (χ1n) is 12.5. The number of pyridine rings is 1. The smallest absolute Gasteiger partial charge is 0.252 e. The van der Waals surface area contributed by atoms with Crippen molar-refractivity contribution in [1.29, 1.82) is 0 Å². The molecule has 0 radical (unpaired) electrons. The third-order valence-corrected chi connectivity index (χ3v) is 6.74. The average Bonchev–Trinajstić information content (AvgIpc) is 3.37. The number of carbonyl (C=O) groups excluding carboxylic acids is 1. The van der Waals surface area contributed by atoms with E-state index in [1.165, 1.54) is 32.1 Å². The second-order valence-corrected chi connectivity index (χ2v) is 9.11. The molecule has 1 amide bonds. The van der Waals surface area contributed by atoms with E-state index in [9.17, 15) is 4.79 Å². The lowest BCUT2D eigenvalue weighted by Gasteiger charge is -2.27. The van der Waals surface area contributed by atoms with Crippen molar-refractivity contribution in [1.82, 2.24) is 15.2 Å². The summed E-state index contributed by atoms with van der Waals surface area (Å²) < 4.78 is 11.1. The first-order valence-corrected chi connectivity index (χ1v) is 12.5. The minimum atomic E-state index is -0.0426. The molecule has 1 saturated carbocycles. The van der Waals surface area contributed by atoms with Crippen LogP contribution in [0.1, 0.15) is 61.5 Å². The monoisotopic (exact) mass is 451 g/mol. The van der Waals surface area contributed by atoms with Crippen LogP contribution in [0.25, 0.3) is 11.1 Å². The molecule has 33 heavy (non-hydrogen) atoms. The maximum absolute atomic E-state index is 12.9. The number of rotatable bonds is 10. The van der Waals surface area contributed by atoms with Crippen LogP contribution >= 0.6 is 0 Å².